The molecule has 2 aromatic rings. The lowest BCUT2D eigenvalue weighted by molar-refractivity contribution is -0.131. The molecule has 0 radical (unpaired) electrons. The van der Waals surface area contributed by atoms with Crippen molar-refractivity contribution in [3.8, 4) is 6.07 Å². The van der Waals surface area contributed by atoms with Gasteiger partial charge in [-0.3, -0.25) is 9.79 Å². The van der Waals surface area contributed by atoms with Gasteiger partial charge in [-0.2, -0.15) is 5.26 Å². The van der Waals surface area contributed by atoms with Crippen LogP contribution in [0.25, 0.3) is 11.9 Å². The number of nitriles is 1. The number of halogens is 3. The lowest BCUT2D eigenvalue weighted by atomic mass is 9.84. The van der Waals surface area contributed by atoms with Crippen LogP contribution < -0.4 is 5.73 Å². The summed E-state index contributed by atoms with van der Waals surface area (Å²) in [7, 11) is 0. The summed E-state index contributed by atoms with van der Waals surface area (Å²) in [5.41, 5.74) is 5.50. The van der Waals surface area contributed by atoms with E-state index in [0.29, 0.717) is 24.9 Å². The second kappa shape index (κ2) is 8.37. The fraction of sp³-hybridized carbons (Fsp3) is 0.375. The van der Waals surface area contributed by atoms with Crippen molar-refractivity contribution in [3.63, 3.8) is 0 Å². The quantitative estimate of drug-likeness (QED) is 0.691. The zero-order valence-electron chi connectivity index (χ0n) is 18.7. The number of hydrogen-bond donors (Lipinski definition) is 1. The van der Waals surface area contributed by atoms with E-state index in [1.807, 2.05) is 6.07 Å². The zero-order chi connectivity index (χ0) is 25.0. The van der Waals surface area contributed by atoms with Crippen molar-refractivity contribution in [2.45, 2.75) is 36.2 Å². The Bertz CT molecular complexity index is 1310. The molecule has 1 saturated heterocycles. The van der Waals surface area contributed by atoms with Gasteiger partial charge in [-0.25, -0.2) is 23.1 Å². The molecule has 1 unspecified atom stereocenters. The van der Waals surface area contributed by atoms with Crippen molar-refractivity contribution in [1.82, 2.24) is 14.9 Å². The van der Waals surface area contributed by atoms with Gasteiger partial charge in [0.1, 0.15) is 28.5 Å². The first-order valence-corrected chi connectivity index (χ1v) is 11.9. The van der Waals surface area contributed by atoms with Crippen LogP contribution in [-0.2, 0) is 10.3 Å². The average Bonchev–Trinajstić information content (AvgIpc) is 3.44. The summed E-state index contributed by atoms with van der Waals surface area (Å²) in [4.78, 5) is 27.1. The number of aromatic nitrogens is 2. The number of benzene rings is 1. The molecule has 4 atom stereocenters. The van der Waals surface area contributed by atoms with Crippen LogP contribution in [0.2, 0.25) is 0 Å². The molecule has 1 saturated carbocycles. The van der Waals surface area contributed by atoms with Crippen LogP contribution in [0.3, 0.4) is 0 Å². The molecule has 35 heavy (non-hydrogen) atoms. The summed E-state index contributed by atoms with van der Waals surface area (Å²) >= 11 is 1.16. The Labute approximate surface area is 203 Å². The molecule has 1 aromatic carbocycles. The van der Waals surface area contributed by atoms with E-state index in [9.17, 15) is 13.6 Å². The predicted octanol–water partition coefficient (Wildman–Crippen LogP) is 3.56. The Balaban J connectivity index is 1.47. The fourth-order valence-electron chi connectivity index (χ4n) is 4.97. The summed E-state index contributed by atoms with van der Waals surface area (Å²) in [6, 6.07) is 5.94. The Kier molecular flexibility index (Phi) is 5.59. The van der Waals surface area contributed by atoms with Gasteiger partial charge in [0, 0.05) is 18.0 Å². The Morgan fingerprint density at radius 2 is 2.17 bits per heavy atom. The highest BCUT2D eigenvalue weighted by Gasteiger charge is 2.71. The third kappa shape index (κ3) is 3.95. The maximum atomic E-state index is 15.1. The number of hydrogen-bond acceptors (Lipinski definition) is 7. The van der Waals surface area contributed by atoms with Gasteiger partial charge in [-0.05, 0) is 43.5 Å². The van der Waals surface area contributed by atoms with Crippen molar-refractivity contribution in [1.29, 1.82) is 5.26 Å². The van der Waals surface area contributed by atoms with Gasteiger partial charge >= 0.3 is 0 Å². The van der Waals surface area contributed by atoms with E-state index in [1.165, 1.54) is 29.2 Å². The monoisotopic (exact) mass is 498 g/mol. The molecule has 0 bridgehead atoms. The van der Waals surface area contributed by atoms with Crippen molar-refractivity contribution in [2.75, 3.05) is 13.1 Å². The van der Waals surface area contributed by atoms with Crippen molar-refractivity contribution in [3.05, 3.63) is 58.9 Å². The van der Waals surface area contributed by atoms with Crippen LogP contribution in [0, 0.1) is 23.1 Å². The number of nitrogens with two attached hydrogens (primary N) is 1. The average molecular weight is 499 g/mol. The normalized spacial score (nSPS) is 29.9. The number of aliphatic imine (C=N–C) groups is 1. The van der Waals surface area contributed by atoms with Crippen molar-refractivity contribution < 1.29 is 18.0 Å². The highest BCUT2D eigenvalue weighted by Crippen LogP contribution is 2.66. The molecular weight excluding hydrogens is 477 g/mol. The number of thioether (sulfide) groups is 1. The molecule has 3 heterocycles. The third-order valence-corrected chi connectivity index (χ3v) is 8.13. The number of alkyl halides is 1. The minimum absolute atomic E-state index is 0.0494. The predicted molar refractivity (Wildman–Crippen MR) is 126 cm³/mol. The number of carbonyl (C=O) groups excluding carboxylic acids is 1. The van der Waals surface area contributed by atoms with E-state index in [2.05, 4.69) is 15.0 Å². The van der Waals surface area contributed by atoms with Gasteiger partial charge in [0.2, 0.25) is 5.91 Å². The second-order valence-electron chi connectivity index (χ2n) is 9.11. The van der Waals surface area contributed by atoms with Crippen LogP contribution >= 0.6 is 11.8 Å². The molecule has 2 N–H and O–H groups in total. The standard InChI is InChI=1S/C24H21F3N6OS/c1-23(20-8-24(20,35-22(29)32-23)21(34)33-5-4-14(25)12-33)16-6-13(2-3-17(16)26)7-18(27)19-11-30-15(9-28)10-31-19/h2-3,6-7,10-11,14,20H,4-5,8,12H2,1H3,(H2,29,32)/b18-7-/t14?,20-,23+,24-/m0/s1. The van der Waals surface area contributed by atoms with Crippen LogP contribution in [-0.4, -0.2) is 50.0 Å². The third-order valence-electron chi connectivity index (χ3n) is 6.84. The van der Waals surface area contributed by atoms with Crippen molar-refractivity contribution in [2.24, 2.45) is 16.6 Å². The Morgan fingerprint density at radius 1 is 1.37 bits per heavy atom. The van der Waals surface area contributed by atoms with Gasteiger partial charge in [0.15, 0.2) is 16.7 Å². The maximum Gasteiger partial charge on any atom is 0.239 e. The molecule has 2 fully saturated rings. The molecule has 5 rings (SSSR count). The molecular formula is C24H21F3N6OS. The number of carbonyl (C=O) groups is 1. The van der Waals surface area contributed by atoms with Gasteiger partial charge in [-0.15, -0.1) is 0 Å². The van der Waals surface area contributed by atoms with Crippen LogP contribution in [0.15, 0.2) is 35.6 Å². The van der Waals surface area contributed by atoms with Crippen LogP contribution in [0.4, 0.5) is 13.2 Å². The number of rotatable bonds is 4. The fourth-order valence-corrected chi connectivity index (χ4v) is 6.42. The number of nitrogens with zero attached hydrogens (tertiary/aromatic N) is 5. The molecule has 1 aliphatic carbocycles. The lowest BCUT2D eigenvalue weighted by Gasteiger charge is -2.35. The van der Waals surface area contributed by atoms with E-state index in [-0.39, 0.29) is 40.5 Å². The smallest absolute Gasteiger partial charge is 0.239 e. The van der Waals surface area contributed by atoms with Gasteiger partial charge in [-0.1, -0.05) is 17.8 Å². The SMILES string of the molecule is C[C@]1(c2cc(/C=C(\F)c3cnc(C#N)cn3)ccc2F)N=C(N)S[C@@]2(C(=O)N3CCC(F)C3)C[C@H]21. The first-order chi connectivity index (χ1) is 16.7. The first kappa shape index (κ1) is 23.4. The molecule has 180 valence electrons. The molecule has 3 aliphatic rings. The molecule has 11 heteroatoms. The molecule has 1 aromatic heterocycles. The number of amides is 1. The summed E-state index contributed by atoms with van der Waals surface area (Å²) < 4.78 is 42.7. The summed E-state index contributed by atoms with van der Waals surface area (Å²) in [5, 5.41) is 8.98. The number of fused-ring (bicyclic) bond motifs is 1. The maximum absolute atomic E-state index is 15.1. The summed E-state index contributed by atoms with van der Waals surface area (Å²) in [6.07, 6.45) is 3.17. The first-order valence-electron chi connectivity index (χ1n) is 11.0. The molecule has 0 spiro atoms. The van der Waals surface area contributed by atoms with Gasteiger partial charge < -0.3 is 10.6 Å². The molecule has 7 nitrogen and oxygen atoms in total. The van der Waals surface area contributed by atoms with E-state index in [0.717, 1.165) is 24.2 Å². The highest BCUT2D eigenvalue weighted by molar-refractivity contribution is 8.15. The van der Waals surface area contributed by atoms with Crippen LogP contribution in [0.1, 0.15) is 42.3 Å². The molecule has 1 amide bonds. The second-order valence-corrected chi connectivity index (χ2v) is 10.5. The van der Waals surface area contributed by atoms with Crippen LogP contribution in [0.5, 0.6) is 0 Å². The molecule has 2 aliphatic heterocycles. The number of likely N-dealkylation sites (tertiary alicyclic amines) is 1. The Hall–Kier alpha value is -3.39. The highest BCUT2D eigenvalue weighted by atomic mass is 32.2. The van der Waals surface area contributed by atoms with Crippen molar-refractivity contribution >= 4 is 34.7 Å². The van der Waals surface area contributed by atoms with E-state index < -0.39 is 28.1 Å². The minimum atomic E-state index is -1.15. The van der Waals surface area contributed by atoms with E-state index in [4.69, 9.17) is 11.0 Å². The number of amidine groups is 1. The summed E-state index contributed by atoms with van der Waals surface area (Å²) in [6.45, 7) is 2.11. The van der Waals surface area contributed by atoms with Gasteiger partial charge in [0.25, 0.3) is 0 Å². The summed E-state index contributed by atoms with van der Waals surface area (Å²) in [5.74, 6) is -1.80. The topological polar surface area (TPSA) is 108 Å². The van der Waals surface area contributed by atoms with Gasteiger partial charge in [0.05, 0.1) is 24.5 Å². The zero-order valence-corrected chi connectivity index (χ0v) is 19.5. The Morgan fingerprint density at radius 3 is 2.83 bits per heavy atom. The minimum Gasteiger partial charge on any atom is -0.378 e. The lowest BCUT2D eigenvalue weighted by Crippen LogP contribution is -2.45. The van der Waals surface area contributed by atoms with E-state index >= 15 is 4.39 Å². The largest absolute Gasteiger partial charge is 0.378 e. The van der Waals surface area contributed by atoms with E-state index in [1.54, 1.807) is 6.92 Å².